The fourth-order valence-corrected chi connectivity index (χ4v) is 1.96. The average Bonchev–Trinajstić information content (AvgIpc) is 2.74. The van der Waals surface area contributed by atoms with Crippen molar-refractivity contribution < 1.29 is 9.13 Å². The predicted octanol–water partition coefficient (Wildman–Crippen LogP) is 3.51. The fraction of sp³-hybridized carbons (Fsp3) is 0.167. The van der Waals surface area contributed by atoms with E-state index in [0.29, 0.717) is 12.4 Å². The molecule has 0 bridgehead atoms. The minimum absolute atomic E-state index is 0.236. The van der Waals surface area contributed by atoms with E-state index >= 15 is 0 Å². The van der Waals surface area contributed by atoms with Crippen molar-refractivity contribution in [1.82, 2.24) is 0 Å². The second-order valence-corrected chi connectivity index (χ2v) is 3.96. The van der Waals surface area contributed by atoms with Crippen LogP contribution in [0.2, 0.25) is 0 Å². The van der Waals surface area contributed by atoms with Gasteiger partial charge in [-0.15, -0.1) is 0 Å². The summed E-state index contributed by atoms with van der Waals surface area (Å²) in [6, 6.07) is 8.17. The van der Waals surface area contributed by atoms with Gasteiger partial charge in [0.05, 0.1) is 6.61 Å². The molecule has 0 saturated heterocycles. The van der Waals surface area contributed by atoms with E-state index in [0.717, 1.165) is 6.42 Å². The lowest BCUT2D eigenvalue weighted by molar-refractivity contribution is 0.321. The molecule has 15 heavy (non-hydrogen) atoms. The first-order valence-electron chi connectivity index (χ1n) is 4.74. The van der Waals surface area contributed by atoms with Gasteiger partial charge in [0.2, 0.25) is 0 Å². The smallest absolute Gasteiger partial charge is 0.123 e. The molecule has 3 heteroatoms. The van der Waals surface area contributed by atoms with Crippen LogP contribution in [-0.4, -0.2) is 6.61 Å². The van der Waals surface area contributed by atoms with E-state index in [4.69, 9.17) is 4.74 Å². The molecule has 0 spiro atoms. The highest BCUT2D eigenvalue weighted by molar-refractivity contribution is 7.07. The summed E-state index contributed by atoms with van der Waals surface area (Å²) in [7, 11) is 0. The first kappa shape index (κ1) is 10.2. The van der Waals surface area contributed by atoms with Gasteiger partial charge < -0.3 is 4.74 Å². The number of halogens is 1. The molecule has 2 aromatic rings. The Bertz CT molecular complexity index is 394. The lowest BCUT2D eigenvalue weighted by atomic mass is 10.2. The normalized spacial score (nSPS) is 10.2. The third kappa shape index (κ3) is 3.06. The van der Waals surface area contributed by atoms with Gasteiger partial charge >= 0.3 is 0 Å². The topological polar surface area (TPSA) is 9.23 Å². The highest BCUT2D eigenvalue weighted by Gasteiger charge is 1.96. The average molecular weight is 222 g/mol. The fourth-order valence-electron chi connectivity index (χ4n) is 1.25. The van der Waals surface area contributed by atoms with Gasteiger partial charge in [0.25, 0.3) is 0 Å². The zero-order valence-corrected chi connectivity index (χ0v) is 8.97. The van der Waals surface area contributed by atoms with Crippen molar-refractivity contribution in [2.75, 3.05) is 6.61 Å². The molecule has 0 fully saturated rings. The third-order valence-corrected chi connectivity index (χ3v) is 2.79. The molecule has 0 aliphatic rings. The van der Waals surface area contributed by atoms with Gasteiger partial charge in [0, 0.05) is 6.42 Å². The predicted molar refractivity (Wildman–Crippen MR) is 59.9 cm³/mol. The number of thiophene rings is 1. The summed E-state index contributed by atoms with van der Waals surface area (Å²) in [5, 5.41) is 4.15. The first-order chi connectivity index (χ1) is 7.34. The quantitative estimate of drug-likeness (QED) is 0.769. The van der Waals surface area contributed by atoms with Gasteiger partial charge in [-0.25, -0.2) is 4.39 Å². The summed E-state index contributed by atoms with van der Waals surface area (Å²) in [5.74, 6) is 0.479. The summed E-state index contributed by atoms with van der Waals surface area (Å²) in [6.45, 7) is 0.627. The minimum atomic E-state index is -0.236. The van der Waals surface area contributed by atoms with Gasteiger partial charge in [-0.3, -0.25) is 0 Å². The van der Waals surface area contributed by atoms with Crippen LogP contribution in [0, 0.1) is 5.82 Å². The molecular weight excluding hydrogens is 211 g/mol. The van der Waals surface area contributed by atoms with Crippen LogP contribution in [0.25, 0.3) is 0 Å². The van der Waals surface area contributed by atoms with Crippen molar-refractivity contribution >= 4 is 11.3 Å². The van der Waals surface area contributed by atoms with E-state index in [1.165, 1.54) is 17.7 Å². The van der Waals surface area contributed by atoms with E-state index in [1.54, 1.807) is 23.5 Å². The Hall–Kier alpha value is -1.35. The van der Waals surface area contributed by atoms with E-state index in [9.17, 15) is 4.39 Å². The Kier molecular flexibility index (Phi) is 3.35. The molecule has 1 heterocycles. The molecule has 0 N–H and O–H groups in total. The standard InChI is InChI=1S/C12H11FOS/c13-11-1-3-12(4-2-11)14-7-5-10-6-8-15-9-10/h1-4,6,8-9H,5,7H2. The minimum Gasteiger partial charge on any atom is -0.493 e. The number of hydrogen-bond donors (Lipinski definition) is 0. The molecule has 0 atom stereocenters. The van der Waals surface area contributed by atoms with Crippen LogP contribution in [-0.2, 0) is 6.42 Å². The lowest BCUT2D eigenvalue weighted by Crippen LogP contribution is -2.00. The molecule has 1 aromatic heterocycles. The summed E-state index contributed by atoms with van der Waals surface area (Å²) in [6.07, 6.45) is 0.890. The van der Waals surface area contributed by atoms with Crippen molar-refractivity contribution in [3.63, 3.8) is 0 Å². The lowest BCUT2D eigenvalue weighted by Gasteiger charge is -2.04. The largest absolute Gasteiger partial charge is 0.493 e. The van der Waals surface area contributed by atoms with Crippen LogP contribution < -0.4 is 4.74 Å². The molecule has 0 radical (unpaired) electrons. The molecule has 0 unspecified atom stereocenters. The van der Waals surface area contributed by atoms with E-state index < -0.39 is 0 Å². The van der Waals surface area contributed by atoms with Gasteiger partial charge in [-0.2, -0.15) is 11.3 Å². The molecule has 0 aliphatic carbocycles. The Morgan fingerprint density at radius 2 is 1.93 bits per heavy atom. The summed E-state index contributed by atoms with van der Waals surface area (Å²) in [4.78, 5) is 0. The van der Waals surface area contributed by atoms with Crippen molar-refractivity contribution in [1.29, 1.82) is 0 Å². The summed E-state index contributed by atoms with van der Waals surface area (Å²) >= 11 is 1.68. The third-order valence-electron chi connectivity index (χ3n) is 2.05. The van der Waals surface area contributed by atoms with Gasteiger partial charge in [-0.1, -0.05) is 0 Å². The SMILES string of the molecule is Fc1ccc(OCCc2ccsc2)cc1. The Morgan fingerprint density at radius 3 is 2.60 bits per heavy atom. The molecule has 0 aliphatic heterocycles. The van der Waals surface area contributed by atoms with Gasteiger partial charge in [-0.05, 0) is 46.7 Å². The molecule has 1 aromatic carbocycles. The maximum absolute atomic E-state index is 12.6. The zero-order chi connectivity index (χ0) is 10.5. The number of benzene rings is 1. The number of hydrogen-bond acceptors (Lipinski definition) is 2. The Morgan fingerprint density at radius 1 is 1.13 bits per heavy atom. The Balaban J connectivity index is 1.81. The van der Waals surface area contributed by atoms with E-state index in [2.05, 4.69) is 11.4 Å². The maximum atomic E-state index is 12.6. The summed E-state index contributed by atoms with van der Waals surface area (Å²) < 4.78 is 18.1. The number of rotatable bonds is 4. The van der Waals surface area contributed by atoms with Crippen LogP contribution in [0.3, 0.4) is 0 Å². The second kappa shape index (κ2) is 4.94. The second-order valence-electron chi connectivity index (χ2n) is 3.18. The first-order valence-corrected chi connectivity index (χ1v) is 5.68. The Labute approximate surface area is 92.1 Å². The zero-order valence-electron chi connectivity index (χ0n) is 8.15. The van der Waals surface area contributed by atoms with Gasteiger partial charge in [0.15, 0.2) is 0 Å². The highest BCUT2D eigenvalue weighted by Crippen LogP contribution is 2.12. The van der Waals surface area contributed by atoms with Crippen LogP contribution in [0.5, 0.6) is 5.75 Å². The van der Waals surface area contributed by atoms with Crippen LogP contribution in [0.1, 0.15) is 5.56 Å². The van der Waals surface area contributed by atoms with Crippen LogP contribution >= 0.6 is 11.3 Å². The van der Waals surface area contributed by atoms with E-state index in [1.807, 2.05) is 5.38 Å². The maximum Gasteiger partial charge on any atom is 0.123 e. The molecular formula is C12H11FOS. The van der Waals surface area contributed by atoms with E-state index in [-0.39, 0.29) is 5.82 Å². The van der Waals surface area contributed by atoms with Crippen LogP contribution in [0.15, 0.2) is 41.1 Å². The monoisotopic (exact) mass is 222 g/mol. The van der Waals surface area contributed by atoms with Crippen molar-refractivity contribution in [2.45, 2.75) is 6.42 Å². The van der Waals surface area contributed by atoms with Crippen molar-refractivity contribution in [3.8, 4) is 5.75 Å². The van der Waals surface area contributed by atoms with Crippen molar-refractivity contribution in [3.05, 3.63) is 52.5 Å². The molecule has 0 saturated carbocycles. The summed E-state index contributed by atoms with van der Waals surface area (Å²) in [5.41, 5.74) is 1.28. The highest BCUT2D eigenvalue weighted by atomic mass is 32.1. The number of ether oxygens (including phenoxy) is 1. The van der Waals surface area contributed by atoms with Crippen LogP contribution in [0.4, 0.5) is 4.39 Å². The molecule has 0 amide bonds. The molecule has 78 valence electrons. The van der Waals surface area contributed by atoms with Crippen molar-refractivity contribution in [2.24, 2.45) is 0 Å². The van der Waals surface area contributed by atoms with Gasteiger partial charge in [0.1, 0.15) is 11.6 Å². The molecule has 2 rings (SSSR count). The molecule has 1 nitrogen and oxygen atoms in total.